The van der Waals surface area contributed by atoms with E-state index < -0.39 is 29.0 Å². The first kappa shape index (κ1) is 17.2. The summed E-state index contributed by atoms with van der Waals surface area (Å²) < 4.78 is 40.4. The average molecular weight is 329 g/mol. The first-order valence-electron chi connectivity index (χ1n) is 7.27. The van der Waals surface area contributed by atoms with Crippen LogP contribution in [0, 0.1) is 5.92 Å². The fraction of sp³-hybridized carbons (Fsp3) is 0.533. The molecular weight excluding hydrogens is 311 g/mol. The molecular formula is C15H18F3N3O2. The Morgan fingerprint density at radius 3 is 2.43 bits per heavy atom. The van der Waals surface area contributed by atoms with Gasteiger partial charge in [-0.15, -0.1) is 0 Å². The zero-order valence-electron chi connectivity index (χ0n) is 13.1. The molecule has 1 saturated carbocycles. The van der Waals surface area contributed by atoms with Crippen molar-refractivity contribution in [3.05, 3.63) is 29.2 Å². The van der Waals surface area contributed by atoms with Crippen LogP contribution in [0.25, 0.3) is 0 Å². The number of nitrogens with zero attached hydrogens (tertiary/aromatic N) is 3. The van der Waals surface area contributed by atoms with Crippen LogP contribution in [0.3, 0.4) is 0 Å². The van der Waals surface area contributed by atoms with Gasteiger partial charge >= 0.3 is 6.18 Å². The lowest BCUT2D eigenvalue weighted by molar-refractivity contribution is -0.141. The van der Waals surface area contributed by atoms with E-state index in [-0.39, 0.29) is 18.0 Å². The maximum absolute atomic E-state index is 13.1. The second kappa shape index (κ2) is 6.17. The van der Waals surface area contributed by atoms with E-state index >= 15 is 0 Å². The highest BCUT2D eigenvalue weighted by Crippen LogP contribution is 2.35. The summed E-state index contributed by atoms with van der Waals surface area (Å²) in [6.45, 7) is 1.81. The first-order chi connectivity index (χ1) is 10.6. The molecule has 1 aliphatic rings. The highest BCUT2D eigenvalue weighted by atomic mass is 19.4. The number of aromatic nitrogens is 2. The number of alkyl halides is 3. The molecule has 5 nitrogen and oxygen atoms in total. The number of carbonyl (C=O) groups excluding carboxylic acids is 2. The molecule has 0 unspecified atom stereocenters. The summed E-state index contributed by atoms with van der Waals surface area (Å²) in [7, 11) is 3.21. The van der Waals surface area contributed by atoms with Gasteiger partial charge in [-0.25, -0.2) is 0 Å². The van der Waals surface area contributed by atoms with Crippen LogP contribution in [0.4, 0.5) is 13.2 Å². The average Bonchev–Trinajstić information content (AvgIpc) is 3.20. The monoisotopic (exact) mass is 329 g/mol. The Kier molecular flexibility index (Phi) is 4.63. The Morgan fingerprint density at radius 2 is 2.00 bits per heavy atom. The molecule has 0 radical (unpaired) electrons. The number of halogens is 3. The van der Waals surface area contributed by atoms with Crippen LogP contribution in [0.15, 0.2) is 18.0 Å². The number of Topliss-reactive ketones (excluding diaryl/α,β-unsaturated/α-hetero) is 2. The van der Waals surface area contributed by atoms with Crippen molar-refractivity contribution in [2.75, 3.05) is 14.1 Å². The van der Waals surface area contributed by atoms with Crippen LogP contribution >= 0.6 is 0 Å². The molecule has 0 bridgehead atoms. The summed E-state index contributed by atoms with van der Waals surface area (Å²) in [5, 5.41) is 3.42. The van der Waals surface area contributed by atoms with Crippen molar-refractivity contribution in [2.24, 2.45) is 5.92 Å². The number of carbonyl (C=O) groups is 2. The highest BCUT2D eigenvalue weighted by molar-refractivity contribution is 6.27. The SMILES string of the molecule is CCn1cc(C(=O)/C(=C/N(C)C)C(=O)C2CC2)c(C(F)(F)F)n1. The van der Waals surface area contributed by atoms with Gasteiger partial charge in [0.2, 0.25) is 5.78 Å². The number of hydrogen-bond donors (Lipinski definition) is 0. The number of ketones is 2. The fourth-order valence-corrected chi connectivity index (χ4v) is 2.16. The van der Waals surface area contributed by atoms with Crippen molar-refractivity contribution in [1.82, 2.24) is 14.7 Å². The van der Waals surface area contributed by atoms with Crippen LogP contribution < -0.4 is 0 Å². The van der Waals surface area contributed by atoms with Crippen molar-refractivity contribution >= 4 is 11.6 Å². The van der Waals surface area contributed by atoms with E-state index in [1.54, 1.807) is 21.0 Å². The summed E-state index contributed by atoms with van der Waals surface area (Å²) >= 11 is 0. The van der Waals surface area contributed by atoms with E-state index in [2.05, 4.69) is 5.10 Å². The molecule has 0 amide bonds. The van der Waals surface area contributed by atoms with Gasteiger partial charge in [0.1, 0.15) is 0 Å². The van der Waals surface area contributed by atoms with Crippen molar-refractivity contribution in [2.45, 2.75) is 32.5 Å². The van der Waals surface area contributed by atoms with Crippen LogP contribution in [0.1, 0.15) is 35.8 Å². The Hall–Kier alpha value is -2.12. The van der Waals surface area contributed by atoms with Crippen LogP contribution in [0.5, 0.6) is 0 Å². The van der Waals surface area contributed by atoms with Crippen LogP contribution in [-0.2, 0) is 17.5 Å². The van der Waals surface area contributed by atoms with E-state index in [1.165, 1.54) is 11.1 Å². The second-order valence-electron chi connectivity index (χ2n) is 5.72. The molecule has 0 atom stereocenters. The quantitative estimate of drug-likeness (QED) is 0.348. The third kappa shape index (κ3) is 3.80. The Labute approximate surface area is 131 Å². The topological polar surface area (TPSA) is 55.2 Å². The smallest absolute Gasteiger partial charge is 0.383 e. The highest BCUT2D eigenvalue weighted by Gasteiger charge is 2.42. The molecule has 1 aromatic rings. The molecule has 0 aromatic carbocycles. The zero-order valence-corrected chi connectivity index (χ0v) is 13.1. The summed E-state index contributed by atoms with van der Waals surface area (Å²) in [5.41, 5.74) is -2.06. The van der Waals surface area contributed by atoms with Crippen molar-refractivity contribution in [1.29, 1.82) is 0 Å². The van der Waals surface area contributed by atoms with Gasteiger partial charge in [0, 0.05) is 39.0 Å². The molecule has 0 aliphatic heterocycles. The molecule has 1 aliphatic carbocycles. The molecule has 2 rings (SSSR count). The van der Waals surface area contributed by atoms with Gasteiger partial charge in [0.15, 0.2) is 11.5 Å². The first-order valence-corrected chi connectivity index (χ1v) is 7.27. The standard InChI is InChI=1S/C15H18F3N3O2/c1-4-21-8-11(14(19-21)15(16,17)18)13(23)10(7-20(2)3)12(22)9-5-6-9/h7-9H,4-6H2,1-3H3/b10-7+. The number of rotatable bonds is 6. The number of aryl methyl sites for hydroxylation is 1. The summed E-state index contributed by atoms with van der Waals surface area (Å²) in [6.07, 6.45) is -1.09. The third-order valence-corrected chi connectivity index (χ3v) is 3.44. The van der Waals surface area contributed by atoms with Crippen molar-refractivity contribution in [3.63, 3.8) is 0 Å². The minimum Gasteiger partial charge on any atom is -0.383 e. The predicted octanol–water partition coefficient (Wildman–Crippen LogP) is 2.53. The molecule has 0 N–H and O–H groups in total. The van der Waals surface area contributed by atoms with Crippen molar-refractivity contribution < 1.29 is 22.8 Å². The van der Waals surface area contributed by atoms with Crippen LogP contribution in [0.2, 0.25) is 0 Å². The largest absolute Gasteiger partial charge is 0.435 e. The lowest BCUT2D eigenvalue weighted by atomic mass is 9.98. The minimum atomic E-state index is -4.75. The van der Waals surface area contributed by atoms with E-state index in [4.69, 9.17) is 0 Å². The molecule has 1 fully saturated rings. The Morgan fingerprint density at radius 1 is 1.39 bits per heavy atom. The fourth-order valence-electron chi connectivity index (χ4n) is 2.16. The lowest BCUT2D eigenvalue weighted by Gasteiger charge is -2.11. The van der Waals surface area contributed by atoms with Gasteiger partial charge < -0.3 is 4.90 Å². The van der Waals surface area contributed by atoms with Crippen molar-refractivity contribution in [3.8, 4) is 0 Å². The van der Waals surface area contributed by atoms with Gasteiger partial charge in [-0.2, -0.15) is 18.3 Å². The van der Waals surface area contributed by atoms with E-state index in [9.17, 15) is 22.8 Å². The maximum Gasteiger partial charge on any atom is 0.435 e. The minimum absolute atomic E-state index is 0.194. The third-order valence-electron chi connectivity index (χ3n) is 3.44. The van der Waals surface area contributed by atoms with E-state index in [0.717, 1.165) is 10.9 Å². The molecule has 0 saturated heterocycles. The summed E-state index contributed by atoms with van der Waals surface area (Å²) in [6, 6.07) is 0. The summed E-state index contributed by atoms with van der Waals surface area (Å²) in [5.74, 6) is -1.59. The van der Waals surface area contributed by atoms with Gasteiger partial charge in [-0.3, -0.25) is 14.3 Å². The molecule has 23 heavy (non-hydrogen) atoms. The maximum atomic E-state index is 13.1. The lowest BCUT2D eigenvalue weighted by Crippen LogP contribution is -2.21. The van der Waals surface area contributed by atoms with E-state index in [1.807, 2.05) is 0 Å². The predicted molar refractivity (Wildman–Crippen MR) is 76.7 cm³/mol. The van der Waals surface area contributed by atoms with Gasteiger partial charge in [-0.05, 0) is 19.8 Å². The van der Waals surface area contributed by atoms with E-state index in [0.29, 0.717) is 12.8 Å². The van der Waals surface area contributed by atoms with Gasteiger partial charge in [0.25, 0.3) is 0 Å². The molecule has 0 spiro atoms. The van der Waals surface area contributed by atoms with Gasteiger partial charge in [-0.1, -0.05) is 0 Å². The molecule has 126 valence electrons. The number of hydrogen-bond acceptors (Lipinski definition) is 4. The summed E-state index contributed by atoms with van der Waals surface area (Å²) in [4.78, 5) is 26.3. The van der Waals surface area contributed by atoms with Crippen LogP contribution in [-0.4, -0.2) is 40.3 Å². The van der Waals surface area contributed by atoms with Gasteiger partial charge in [0.05, 0.1) is 11.1 Å². The zero-order chi connectivity index (χ0) is 17.4. The Bertz CT molecular complexity index is 655. The second-order valence-corrected chi connectivity index (χ2v) is 5.72. The molecule has 1 heterocycles. The normalized spacial score (nSPS) is 15.7. The Balaban J connectivity index is 2.48. The molecule has 1 aromatic heterocycles. The molecule has 8 heteroatoms. The number of allylic oxidation sites excluding steroid dienone is 1.